The minimum Gasteiger partial charge on any atom is -0.543 e. The van der Waals surface area contributed by atoms with E-state index in [0.29, 0.717) is 3.70 Å². The third-order valence-electron chi connectivity index (χ3n) is 0.924. The van der Waals surface area contributed by atoms with Crippen LogP contribution in [0.3, 0.4) is 0 Å². The minimum atomic E-state index is -1.24. The van der Waals surface area contributed by atoms with Gasteiger partial charge in [0.15, 0.2) is 0 Å². The van der Waals surface area contributed by atoms with Gasteiger partial charge < -0.3 is 9.90 Å². The number of pyridine rings is 1. The molecule has 0 unspecified atom stereocenters. The SMILES string of the molecule is O=C([O-])c1cccc(I)n1. The van der Waals surface area contributed by atoms with Gasteiger partial charge in [0.25, 0.3) is 0 Å². The summed E-state index contributed by atoms with van der Waals surface area (Å²) in [5.74, 6) is -1.24. The molecule has 0 radical (unpaired) electrons. The van der Waals surface area contributed by atoms with Gasteiger partial charge in [0, 0.05) is 0 Å². The Bertz CT molecular complexity index is 262. The highest BCUT2D eigenvalue weighted by Crippen LogP contribution is 2.00. The van der Waals surface area contributed by atoms with Crippen LogP contribution >= 0.6 is 22.6 Å². The first-order chi connectivity index (χ1) is 4.70. The first-order valence-electron chi connectivity index (χ1n) is 2.54. The number of halogens is 1. The quantitative estimate of drug-likeness (QED) is 0.521. The first kappa shape index (κ1) is 7.46. The Hall–Kier alpha value is -0.650. The van der Waals surface area contributed by atoms with Gasteiger partial charge in [-0.3, -0.25) is 0 Å². The van der Waals surface area contributed by atoms with Gasteiger partial charge in [0.2, 0.25) is 0 Å². The highest BCUT2D eigenvalue weighted by Gasteiger charge is 1.93. The summed E-state index contributed by atoms with van der Waals surface area (Å²) in [5, 5.41) is 10.2. The van der Waals surface area contributed by atoms with E-state index in [1.165, 1.54) is 6.07 Å². The van der Waals surface area contributed by atoms with Crippen molar-refractivity contribution < 1.29 is 9.90 Å². The van der Waals surface area contributed by atoms with Crippen molar-refractivity contribution in [3.05, 3.63) is 27.6 Å². The zero-order chi connectivity index (χ0) is 7.56. The van der Waals surface area contributed by atoms with Gasteiger partial charge in [0.1, 0.15) is 3.70 Å². The number of hydrogen-bond donors (Lipinski definition) is 0. The third kappa shape index (κ3) is 1.66. The molecule has 0 aromatic carbocycles. The smallest absolute Gasteiger partial charge is 0.102 e. The molecule has 0 aliphatic rings. The van der Waals surface area contributed by atoms with Crippen LogP contribution < -0.4 is 5.11 Å². The topological polar surface area (TPSA) is 53.0 Å². The van der Waals surface area contributed by atoms with Crippen LogP contribution in [0.5, 0.6) is 0 Å². The van der Waals surface area contributed by atoms with Crippen molar-refractivity contribution in [1.82, 2.24) is 4.98 Å². The second kappa shape index (κ2) is 2.96. The number of carboxylic acids is 1. The van der Waals surface area contributed by atoms with E-state index in [0.717, 1.165) is 0 Å². The number of hydrogen-bond acceptors (Lipinski definition) is 3. The van der Waals surface area contributed by atoms with Crippen molar-refractivity contribution in [2.75, 3.05) is 0 Å². The lowest BCUT2D eigenvalue weighted by Gasteiger charge is -1.99. The van der Waals surface area contributed by atoms with Gasteiger partial charge >= 0.3 is 0 Å². The summed E-state index contributed by atoms with van der Waals surface area (Å²) in [6.45, 7) is 0. The molecule has 0 spiro atoms. The molecular weight excluding hydrogens is 245 g/mol. The zero-order valence-corrected chi connectivity index (χ0v) is 7.03. The van der Waals surface area contributed by atoms with E-state index in [9.17, 15) is 9.90 Å². The summed E-state index contributed by atoms with van der Waals surface area (Å²) in [6.07, 6.45) is 0. The Labute approximate surface area is 71.2 Å². The number of rotatable bonds is 1. The molecule has 1 aromatic rings. The van der Waals surface area contributed by atoms with Crippen LogP contribution in [0, 0.1) is 3.70 Å². The van der Waals surface area contributed by atoms with E-state index in [-0.39, 0.29) is 5.69 Å². The molecule has 0 atom stereocenters. The van der Waals surface area contributed by atoms with Crippen LogP contribution in [0.15, 0.2) is 18.2 Å². The lowest BCUT2D eigenvalue weighted by atomic mass is 10.4. The molecule has 0 saturated heterocycles. The monoisotopic (exact) mass is 248 g/mol. The Kier molecular flexibility index (Phi) is 2.21. The number of nitrogens with zero attached hydrogens (tertiary/aromatic N) is 1. The Morgan fingerprint density at radius 2 is 2.30 bits per heavy atom. The normalized spacial score (nSPS) is 9.30. The molecule has 1 rings (SSSR count). The Balaban J connectivity index is 3.07. The Morgan fingerprint density at radius 1 is 1.60 bits per heavy atom. The molecule has 1 heterocycles. The molecule has 1 aromatic heterocycles. The zero-order valence-electron chi connectivity index (χ0n) is 4.87. The maximum Gasteiger partial charge on any atom is 0.102 e. The first-order valence-corrected chi connectivity index (χ1v) is 3.62. The lowest BCUT2D eigenvalue weighted by Crippen LogP contribution is -2.23. The van der Waals surface area contributed by atoms with Gasteiger partial charge in [-0.1, -0.05) is 6.07 Å². The summed E-state index contributed by atoms with van der Waals surface area (Å²) < 4.78 is 0.652. The van der Waals surface area contributed by atoms with Crippen molar-refractivity contribution >= 4 is 28.6 Å². The van der Waals surface area contributed by atoms with Crippen LogP contribution in [-0.2, 0) is 0 Å². The van der Waals surface area contributed by atoms with Crippen LogP contribution in [0.1, 0.15) is 10.5 Å². The fourth-order valence-corrected chi connectivity index (χ4v) is 0.989. The fraction of sp³-hybridized carbons (Fsp3) is 0. The van der Waals surface area contributed by atoms with Gasteiger partial charge in [-0.15, -0.1) is 0 Å². The molecular formula is C6H3INO2-. The maximum absolute atomic E-state index is 10.2. The molecule has 10 heavy (non-hydrogen) atoms. The van der Waals surface area contributed by atoms with Crippen LogP contribution in [0.25, 0.3) is 0 Å². The molecule has 0 aliphatic heterocycles. The molecule has 0 aliphatic carbocycles. The summed E-state index contributed by atoms with van der Waals surface area (Å²) in [5.41, 5.74) is -0.0214. The van der Waals surface area contributed by atoms with Crippen LogP contribution in [0.4, 0.5) is 0 Å². The van der Waals surface area contributed by atoms with E-state index in [1.54, 1.807) is 12.1 Å². The minimum absolute atomic E-state index is 0.0214. The van der Waals surface area contributed by atoms with Crippen molar-refractivity contribution in [1.29, 1.82) is 0 Å². The number of aromatic carboxylic acids is 1. The highest BCUT2D eigenvalue weighted by molar-refractivity contribution is 14.1. The van der Waals surface area contributed by atoms with Gasteiger partial charge in [-0.05, 0) is 34.7 Å². The number of carbonyl (C=O) groups excluding carboxylic acids is 1. The Morgan fingerprint density at radius 3 is 2.70 bits per heavy atom. The van der Waals surface area contributed by atoms with Gasteiger partial charge in [0.05, 0.1) is 11.7 Å². The second-order valence-corrected chi connectivity index (χ2v) is 2.74. The van der Waals surface area contributed by atoms with E-state index >= 15 is 0 Å². The molecule has 0 saturated carbocycles. The van der Waals surface area contributed by atoms with Crippen molar-refractivity contribution in [2.24, 2.45) is 0 Å². The molecule has 52 valence electrons. The summed E-state index contributed by atoms with van der Waals surface area (Å²) >= 11 is 1.94. The third-order valence-corrected chi connectivity index (χ3v) is 1.53. The van der Waals surface area contributed by atoms with Crippen molar-refractivity contribution in [3.63, 3.8) is 0 Å². The number of carbonyl (C=O) groups is 1. The fourth-order valence-electron chi connectivity index (χ4n) is 0.522. The molecule has 0 N–H and O–H groups in total. The number of carboxylic acid groups (broad SMARTS) is 1. The van der Waals surface area contributed by atoms with Gasteiger partial charge in [-0.2, -0.15) is 0 Å². The standard InChI is InChI=1S/C6H4INO2/c7-5-3-1-2-4(8-5)6(9)10/h1-3H,(H,9,10)/p-1. The number of aromatic nitrogens is 1. The molecule has 3 nitrogen and oxygen atoms in total. The maximum atomic E-state index is 10.2. The average molecular weight is 248 g/mol. The molecule has 0 amide bonds. The van der Waals surface area contributed by atoms with E-state index < -0.39 is 5.97 Å². The van der Waals surface area contributed by atoms with E-state index in [1.807, 2.05) is 22.6 Å². The summed E-state index contributed by atoms with van der Waals surface area (Å²) in [4.78, 5) is 13.9. The predicted octanol–water partition coefficient (Wildman–Crippen LogP) is 0.0497. The predicted molar refractivity (Wildman–Crippen MR) is 41.3 cm³/mol. The van der Waals surface area contributed by atoms with Crippen LogP contribution in [-0.4, -0.2) is 11.0 Å². The van der Waals surface area contributed by atoms with E-state index in [4.69, 9.17) is 0 Å². The van der Waals surface area contributed by atoms with Crippen molar-refractivity contribution in [3.8, 4) is 0 Å². The van der Waals surface area contributed by atoms with Crippen molar-refractivity contribution in [2.45, 2.75) is 0 Å². The average Bonchev–Trinajstić information content (AvgIpc) is 1.88. The second-order valence-electron chi connectivity index (χ2n) is 1.63. The highest BCUT2D eigenvalue weighted by atomic mass is 127. The molecule has 4 heteroatoms. The van der Waals surface area contributed by atoms with Crippen LogP contribution in [0.2, 0.25) is 0 Å². The molecule has 0 fully saturated rings. The molecule has 0 bridgehead atoms. The summed E-state index contributed by atoms with van der Waals surface area (Å²) in [6, 6.07) is 4.74. The van der Waals surface area contributed by atoms with Gasteiger partial charge in [-0.25, -0.2) is 4.98 Å². The lowest BCUT2D eigenvalue weighted by molar-refractivity contribution is -0.255. The largest absolute Gasteiger partial charge is 0.543 e. The summed E-state index contributed by atoms with van der Waals surface area (Å²) in [7, 11) is 0. The van der Waals surface area contributed by atoms with E-state index in [2.05, 4.69) is 4.98 Å².